The molecule has 0 bridgehead atoms. The molecule has 0 spiro atoms. The lowest BCUT2D eigenvalue weighted by atomic mass is 10.4. The van der Waals surface area contributed by atoms with Gasteiger partial charge in [-0.1, -0.05) is 61.8 Å². The van der Waals surface area contributed by atoms with Crippen LogP contribution in [0.2, 0.25) is 5.15 Å². The Morgan fingerprint density at radius 2 is 1.59 bits per heavy atom. The minimum atomic E-state index is -0.172. The zero-order valence-electron chi connectivity index (χ0n) is 18.0. The van der Waals surface area contributed by atoms with Gasteiger partial charge < -0.3 is 9.97 Å². The molecule has 0 amide bonds. The molecule has 174 valence electrons. The van der Waals surface area contributed by atoms with E-state index in [1.54, 1.807) is 35.8 Å². The quantitative estimate of drug-likeness (QED) is 0.124. The molecule has 32 heavy (non-hydrogen) atoms. The largest absolute Gasteiger partial charge is 0.339 e. The Morgan fingerprint density at radius 1 is 0.938 bits per heavy atom. The standard InChI is InChI=1S/C8H11ClN2S.C8H12N2OS.C4H4N2OS/c1-2-3-6-12-8-10-5-4-7(9)11-8;1-2-3-6-12-8-9-5-4-7(11)10-8;7-3-1-2-5-4(8)6-3/h4-5H,2-3,6H2,1H3;4-5H,2-3,6H2,1H3,(H,9,10,11);1-2H,(H2,5,6,7,8). The van der Waals surface area contributed by atoms with Gasteiger partial charge in [-0.3, -0.25) is 14.6 Å². The third kappa shape index (κ3) is 14.2. The van der Waals surface area contributed by atoms with E-state index >= 15 is 0 Å². The number of aromatic amines is 3. The summed E-state index contributed by atoms with van der Waals surface area (Å²) in [6.07, 6.45) is 9.44. The highest BCUT2D eigenvalue weighted by molar-refractivity contribution is 7.99. The predicted octanol–water partition coefficient (Wildman–Crippen LogP) is 5.12. The summed E-state index contributed by atoms with van der Waals surface area (Å²) in [4.78, 5) is 41.0. The zero-order valence-corrected chi connectivity index (χ0v) is 21.2. The van der Waals surface area contributed by atoms with Gasteiger partial charge >= 0.3 is 0 Å². The highest BCUT2D eigenvalue weighted by Crippen LogP contribution is 2.15. The van der Waals surface area contributed by atoms with Crippen LogP contribution in [-0.4, -0.2) is 41.4 Å². The summed E-state index contributed by atoms with van der Waals surface area (Å²) >= 11 is 13.5. The van der Waals surface area contributed by atoms with Crippen LogP contribution in [0.25, 0.3) is 0 Å². The molecule has 0 atom stereocenters. The zero-order chi connectivity index (χ0) is 23.6. The number of nitrogens with zero attached hydrogens (tertiary/aromatic N) is 3. The van der Waals surface area contributed by atoms with Gasteiger partial charge in [-0.2, -0.15) is 0 Å². The Morgan fingerprint density at radius 3 is 2.16 bits per heavy atom. The van der Waals surface area contributed by atoms with Gasteiger partial charge in [0.25, 0.3) is 11.1 Å². The second-order valence-corrected chi connectivity index (χ2v) is 9.04. The van der Waals surface area contributed by atoms with E-state index in [-0.39, 0.29) is 11.1 Å². The van der Waals surface area contributed by atoms with Crippen LogP contribution < -0.4 is 11.1 Å². The molecule has 0 aliphatic rings. The molecule has 0 radical (unpaired) electrons. The lowest BCUT2D eigenvalue weighted by molar-refractivity contribution is 0.884. The molecular weight excluding hydrogens is 488 g/mol. The van der Waals surface area contributed by atoms with Crippen molar-refractivity contribution in [2.24, 2.45) is 0 Å². The van der Waals surface area contributed by atoms with Crippen LogP contribution in [0.1, 0.15) is 39.5 Å². The van der Waals surface area contributed by atoms with Crippen molar-refractivity contribution >= 4 is 47.3 Å². The highest BCUT2D eigenvalue weighted by atomic mass is 35.5. The van der Waals surface area contributed by atoms with E-state index in [0.29, 0.717) is 9.92 Å². The summed E-state index contributed by atoms with van der Waals surface area (Å²) < 4.78 is 0.359. The van der Waals surface area contributed by atoms with Crippen molar-refractivity contribution < 1.29 is 0 Å². The van der Waals surface area contributed by atoms with Gasteiger partial charge in [0.15, 0.2) is 15.1 Å². The van der Waals surface area contributed by atoms with Crippen LogP contribution in [0.3, 0.4) is 0 Å². The van der Waals surface area contributed by atoms with E-state index in [1.165, 1.54) is 43.8 Å². The molecule has 0 unspecified atom stereocenters. The molecule has 8 nitrogen and oxygen atoms in total. The van der Waals surface area contributed by atoms with E-state index in [4.69, 9.17) is 11.6 Å². The molecule has 3 N–H and O–H groups in total. The molecular formula is C20H27ClN6O2S3. The maximum atomic E-state index is 10.8. The first-order chi connectivity index (χ1) is 15.4. The van der Waals surface area contributed by atoms with Crippen molar-refractivity contribution in [3.05, 3.63) is 67.4 Å². The van der Waals surface area contributed by atoms with Gasteiger partial charge in [0, 0.05) is 42.2 Å². The van der Waals surface area contributed by atoms with Crippen LogP contribution in [0, 0.1) is 4.77 Å². The Bertz CT molecular complexity index is 1050. The third-order valence-corrected chi connectivity index (χ3v) is 5.75. The maximum absolute atomic E-state index is 10.8. The third-order valence-electron chi connectivity index (χ3n) is 3.40. The number of H-pyrrole nitrogens is 3. The molecule has 12 heteroatoms. The summed E-state index contributed by atoms with van der Waals surface area (Å²) in [7, 11) is 0. The number of thioether (sulfide) groups is 2. The number of unbranched alkanes of at least 4 members (excludes halogenated alkanes) is 2. The molecule has 3 heterocycles. The minimum absolute atomic E-state index is 0.0796. The normalized spacial score (nSPS) is 9.84. The Kier molecular flexibility index (Phi) is 15.4. The number of rotatable bonds is 8. The first-order valence-corrected chi connectivity index (χ1v) is 12.8. The molecule has 0 fully saturated rings. The Hall–Kier alpha value is -1.95. The average molecular weight is 515 g/mol. The molecule has 3 aromatic heterocycles. The molecule has 0 saturated heterocycles. The lowest BCUT2D eigenvalue weighted by Gasteiger charge is -1.97. The average Bonchev–Trinajstić information content (AvgIpc) is 2.75. The molecule has 0 aliphatic heterocycles. The van der Waals surface area contributed by atoms with Gasteiger partial charge in [0.2, 0.25) is 0 Å². The Labute approximate surface area is 205 Å². The van der Waals surface area contributed by atoms with Crippen molar-refractivity contribution in [3.8, 4) is 0 Å². The van der Waals surface area contributed by atoms with Crippen molar-refractivity contribution in [1.29, 1.82) is 0 Å². The van der Waals surface area contributed by atoms with Gasteiger partial charge in [-0.25, -0.2) is 15.0 Å². The smallest absolute Gasteiger partial charge is 0.251 e. The highest BCUT2D eigenvalue weighted by Gasteiger charge is 1.97. The van der Waals surface area contributed by atoms with Crippen LogP contribution in [-0.2, 0) is 0 Å². The number of hydrogen-bond acceptors (Lipinski definition) is 8. The van der Waals surface area contributed by atoms with E-state index in [1.807, 2.05) is 0 Å². The Balaban J connectivity index is 0.000000245. The van der Waals surface area contributed by atoms with E-state index < -0.39 is 0 Å². The summed E-state index contributed by atoms with van der Waals surface area (Å²) in [5, 5.41) is 2.01. The van der Waals surface area contributed by atoms with Crippen LogP contribution >= 0.6 is 47.3 Å². The summed E-state index contributed by atoms with van der Waals surface area (Å²) in [5.74, 6) is 2.08. The fourth-order valence-electron chi connectivity index (χ4n) is 1.82. The first-order valence-electron chi connectivity index (χ1n) is 10.0. The number of aromatic nitrogens is 6. The van der Waals surface area contributed by atoms with E-state index in [0.717, 1.165) is 28.2 Å². The molecule has 0 aromatic carbocycles. The summed E-state index contributed by atoms with van der Waals surface area (Å²) in [5.41, 5.74) is -0.252. The molecule has 0 aliphatic carbocycles. The number of hydrogen-bond donors (Lipinski definition) is 3. The van der Waals surface area contributed by atoms with E-state index in [2.05, 4.69) is 56.0 Å². The molecule has 3 aromatic rings. The number of halogens is 1. The minimum Gasteiger partial charge on any atom is -0.339 e. The SMILES string of the molecule is CCCCSc1nccc(=O)[nH]1.CCCCSc1nccc(Cl)n1.O=c1cc[nH]c(=S)[nH]1. The van der Waals surface area contributed by atoms with Crippen LogP contribution in [0.4, 0.5) is 0 Å². The summed E-state index contributed by atoms with van der Waals surface area (Å²) in [6.45, 7) is 4.31. The second kappa shape index (κ2) is 17.6. The maximum Gasteiger partial charge on any atom is 0.251 e. The van der Waals surface area contributed by atoms with Crippen LogP contribution in [0.5, 0.6) is 0 Å². The fraction of sp³-hybridized carbons (Fsp3) is 0.400. The van der Waals surface area contributed by atoms with Crippen molar-refractivity contribution in [2.45, 2.75) is 49.8 Å². The van der Waals surface area contributed by atoms with Crippen molar-refractivity contribution in [1.82, 2.24) is 29.9 Å². The van der Waals surface area contributed by atoms with Crippen LogP contribution in [0.15, 0.2) is 56.7 Å². The van der Waals surface area contributed by atoms with Crippen molar-refractivity contribution in [3.63, 3.8) is 0 Å². The second-order valence-electron chi connectivity index (χ2n) is 6.10. The van der Waals surface area contributed by atoms with E-state index in [9.17, 15) is 9.59 Å². The topological polar surface area (TPSA) is 120 Å². The summed E-state index contributed by atoms with van der Waals surface area (Å²) in [6, 6.07) is 4.48. The predicted molar refractivity (Wildman–Crippen MR) is 135 cm³/mol. The lowest BCUT2D eigenvalue weighted by Crippen LogP contribution is -2.05. The molecule has 0 saturated carbocycles. The van der Waals surface area contributed by atoms with Gasteiger partial charge in [-0.05, 0) is 31.1 Å². The monoisotopic (exact) mass is 514 g/mol. The first kappa shape index (κ1) is 28.1. The van der Waals surface area contributed by atoms with Crippen molar-refractivity contribution in [2.75, 3.05) is 11.5 Å². The van der Waals surface area contributed by atoms with Gasteiger partial charge in [-0.15, -0.1) is 0 Å². The fourth-order valence-corrected chi connectivity index (χ4v) is 4.02. The van der Waals surface area contributed by atoms with Gasteiger partial charge in [0.1, 0.15) is 5.15 Å². The molecule has 3 rings (SSSR count). The number of nitrogens with one attached hydrogen (secondary N) is 3. The van der Waals surface area contributed by atoms with Gasteiger partial charge in [0.05, 0.1) is 0 Å².